The number of carbonyl (C=O) groups is 3. The number of benzene rings is 2. The first-order valence-corrected chi connectivity index (χ1v) is 11.8. The second-order valence-corrected chi connectivity index (χ2v) is 9.02. The third kappa shape index (κ3) is 3.58. The molecule has 0 spiro atoms. The highest BCUT2D eigenvalue weighted by atomic mass is 32.2. The Labute approximate surface area is 196 Å². The Hall–Kier alpha value is -3.54. The van der Waals surface area contributed by atoms with Crippen molar-refractivity contribution in [2.75, 3.05) is 10.8 Å². The van der Waals surface area contributed by atoms with Gasteiger partial charge in [-0.2, -0.15) is 0 Å². The Morgan fingerprint density at radius 3 is 2.47 bits per heavy atom. The molecule has 0 saturated carbocycles. The number of amides is 3. The van der Waals surface area contributed by atoms with Gasteiger partial charge in [-0.15, -0.1) is 0 Å². The van der Waals surface area contributed by atoms with Crippen LogP contribution in [0, 0.1) is 0 Å². The van der Waals surface area contributed by atoms with E-state index in [-0.39, 0.29) is 16.8 Å². The zero-order chi connectivity index (χ0) is 24.0. The van der Waals surface area contributed by atoms with E-state index < -0.39 is 41.6 Å². The molecule has 2 aromatic carbocycles. The first-order chi connectivity index (χ1) is 16.4. The lowest BCUT2D eigenvalue weighted by Gasteiger charge is -2.34. The molecule has 10 nitrogen and oxygen atoms in total. The molecule has 1 aliphatic heterocycles. The van der Waals surface area contributed by atoms with Crippen molar-refractivity contribution >= 4 is 45.6 Å². The van der Waals surface area contributed by atoms with Crippen molar-refractivity contribution in [3.63, 3.8) is 0 Å². The summed E-state index contributed by atoms with van der Waals surface area (Å²) in [6, 6.07) is 9.30. The molecule has 176 valence electrons. The molecule has 3 aromatic rings. The quantitative estimate of drug-likeness (QED) is 0.237. The van der Waals surface area contributed by atoms with Gasteiger partial charge in [-0.05, 0) is 43.5 Å². The van der Waals surface area contributed by atoms with E-state index in [0.29, 0.717) is 5.58 Å². The molecule has 0 radical (unpaired) electrons. The summed E-state index contributed by atoms with van der Waals surface area (Å²) in [5.74, 6) is -1.53. The van der Waals surface area contributed by atoms with E-state index in [1.54, 1.807) is 18.2 Å². The number of nitrogens with zero attached hydrogens (tertiary/aromatic N) is 2. The summed E-state index contributed by atoms with van der Waals surface area (Å²) < 4.78 is 31.2. The van der Waals surface area contributed by atoms with Crippen LogP contribution in [0.25, 0.3) is 11.0 Å². The molecule has 2 unspecified atom stereocenters. The van der Waals surface area contributed by atoms with Crippen LogP contribution in [0.2, 0.25) is 0 Å². The number of hydrogen-bond acceptors (Lipinski definition) is 7. The van der Waals surface area contributed by atoms with Gasteiger partial charge in [-0.25, -0.2) is 5.48 Å². The molecule has 0 saturated heterocycles. The molecule has 2 N–H and O–H groups in total. The summed E-state index contributed by atoms with van der Waals surface area (Å²) in [5, 5.41) is 10.2. The third-order valence-corrected chi connectivity index (χ3v) is 7.07. The van der Waals surface area contributed by atoms with Crippen LogP contribution in [-0.2, 0) is 28.9 Å². The van der Waals surface area contributed by atoms with E-state index in [0.717, 1.165) is 51.6 Å². The zero-order valence-electron chi connectivity index (χ0n) is 17.9. The average molecular weight is 482 g/mol. The number of furan rings is 1. The third-order valence-electron chi connectivity index (χ3n) is 6.29. The fraction of sp³-hybridized carbons (Fsp3) is 0.261. The standard InChI is InChI=1S/C23H21N3O7S/c27-21(24-30)18(12-25-22(28)16-6-1-2-7-17(16)23(25)29)26(34(31)32)13-9-10-15-14-5-3-4-8-19(14)33-20(15)11-13/h1-2,6-7,9-11,18,30H,3-5,8,12H2,(H,24,27)(H,31,32)/p-1. The highest BCUT2D eigenvalue weighted by Crippen LogP contribution is 2.35. The lowest BCUT2D eigenvalue weighted by atomic mass is 9.96. The summed E-state index contributed by atoms with van der Waals surface area (Å²) in [6.45, 7) is -0.598. The number of anilines is 1. The van der Waals surface area contributed by atoms with Crippen molar-refractivity contribution in [1.82, 2.24) is 10.4 Å². The maximum Gasteiger partial charge on any atom is 0.268 e. The number of hydroxylamine groups is 1. The van der Waals surface area contributed by atoms with Gasteiger partial charge in [0.05, 0.1) is 23.4 Å². The molecule has 34 heavy (non-hydrogen) atoms. The first kappa shape index (κ1) is 22.3. The van der Waals surface area contributed by atoms with E-state index in [4.69, 9.17) is 4.42 Å². The number of aryl methyl sites for hydroxylation is 2. The van der Waals surface area contributed by atoms with E-state index in [1.165, 1.54) is 29.7 Å². The molecule has 1 aromatic heterocycles. The van der Waals surface area contributed by atoms with Crippen molar-refractivity contribution in [1.29, 1.82) is 0 Å². The van der Waals surface area contributed by atoms with Gasteiger partial charge in [-0.3, -0.25) is 33.0 Å². The summed E-state index contributed by atoms with van der Waals surface area (Å²) in [4.78, 5) is 39.0. The van der Waals surface area contributed by atoms with E-state index in [9.17, 15) is 28.4 Å². The minimum atomic E-state index is -2.99. The van der Waals surface area contributed by atoms with Crippen molar-refractivity contribution in [2.45, 2.75) is 31.7 Å². The van der Waals surface area contributed by atoms with Crippen LogP contribution in [0.1, 0.15) is 44.9 Å². The maximum atomic E-state index is 12.8. The van der Waals surface area contributed by atoms with Crippen molar-refractivity contribution in [2.24, 2.45) is 0 Å². The topological polar surface area (TPSA) is 143 Å². The van der Waals surface area contributed by atoms with E-state index in [1.807, 2.05) is 0 Å². The predicted molar refractivity (Wildman–Crippen MR) is 120 cm³/mol. The van der Waals surface area contributed by atoms with Crippen LogP contribution in [0.3, 0.4) is 0 Å². The molecule has 2 aliphatic rings. The summed E-state index contributed by atoms with van der Waals surface area (Å²) in [5.41, 5.74) is 3.43. The fourth-order valence-electron chi connectivity index (χ4n) is 4.68. The Morgan fingerprint density at radius 2 is 1.82 bits per heavy atom. The van der Waals surface area contributed by atoms with Gasteiger partial charge in [-0.1, -0.05) is 12.1 Å². The van der Waals surface area contributed by atoms with Gasteiger partial charge in [0, 0.05) is 34.7 Å². The minimum Gasteiger partial charge on any atom is -0.755 e. The number of rotatable bonds is 6. The Morgan fingerprint density at radius 1 is 1.15 bits per heavy atom. The van der Waals surface area contributed by atoms with Crippen LogP contribution in [0.5, 0.6) is 0 Å². The van der Waals surface area contributed by atoms with Crippen molar-refractivity contribution in [3.8, 4) is 0 Å². The van der Waals surface area contributed by atoms with Crippen LogP contribution < -0.4 is 9.79 Å². The minimum absolute atomic E-state index is 0.0946. The molecule has 5 rings (SSSR count). The van der Waals surface area contributed by atoms with Gasteiger partial charge in [0.2, 0.25) is 0 Å². The lowest BCUT2D eigenvalue weighted by Crippen LogP contribution is -2.54. The highest BCUT2D eigenvalue weighted by Gasteiger charge is 2.40. The second-order valence-electron chi connectivity index (χ2n) is 8.19. The molecule has 1 aliphatic carbocycles. The number of imide groups is 1. The van der Waals surface area contributed by atoms with Gasteiger partial charge in [0.1, 0.15) is 17.4 Å². The van der Waals surface area contributed by atoms with Gasteiger partial charge in [0.15, 0.2) is 0 Å². The van der Waals surface area contributed by atoms with Crippen molar-refractivity contribution < 1.29 is 32.8 Å². The molecule has 2 heterocycles. The smallest absolute Gasteiger partial charge is 0.268 e. The summed E-state index contributed by atoms with van der Waals surface area (Å²) >= 11 is -2.99. The summed E-state index contributed by atoms with van der Waals surface area (Å²) in [6.07, 6.45) is 3.72. The van der Waals surface area contributed by atoms with Crippen molar-refractivity contribution in [3.05, 3.63) is 64.9 Å². The van der Waals surface area contributed by atoms with Gasteiger partial charge in [0.25, 0.3) is 17.7 Å². The molecule has 11 heteroatoms. The van der Waals surface area contributed by atoms with Crippen LogP contribution in [0.15, 0.2) is 46.9 Å². The monoisotopic (exact) mass is 482 g/mol. The number of hydrogen-bond donors (Lipinski definition) is 2. The zero-order valence-corrected chi connectivity index (χ0v) is 18.7. The molecule has 2 atom stereocenters. The van der Waals surface area contributed by atoms with Crippen LogP contribution in [-0.4, -0.2) is 49.2 Å². The van der Waals surface area contributed by atoms with Crippen LogP contribution in [0.4, 0.5) is 5.69 Å². The molecule has 3 amide bonds. The normalized spacial score (nSPS) is 16.8. The number of fused-ring (bicyclic) bond motifs is 4. The van der Waals surface area contributed by atoms with Crippen LogP contribution >= 0.6 is 0 Å². The highest BCUT2D eigenvalue weighted by molar-refractivity contribution is 7.80. The number of carbonyl (C=O) groups excluding carboxylic acids is 3. The largest absolute Gasteiger partial charge is 0.755 e. The van der Waals surface area contributed by atoms with E-state index >= 15 is 0 Å². The fourth-order valence-corrected chi connectivity index (χ4v) is 5.33. The molecule has 0 fully saturated rings. The summed E-state index contributed by atoms with van der Waals surface area (Å²) in [7, 11) is 0. The lowest BCUT2D eigenvalue weighted by molar-refractivity contribution is -0.130. The SMILES string of the molecule is O=C(NO)C(CN1C(=O)c2ccccc2C1=O)N(c1ccc2c3c(oc2c1)CCCC3)S(=O)[O-]. The first-order valence-electron chi connectivity index (χ1n) is 10.7. The average Bonchev–Trinajstić information content (AvgIpc) is 3.33. The Bertz CT molecular complexity index is 1320. The molecular formula is C23H20N3O7S-. The Balaban J connectivity index is 1.52. The number of nitrogens with one attached hydrogen (secondary N) is 1. The van der Waals surface area contributed by atoms with Gasteiger partial charge >= 0.3 is 0 Å². The molecule has 0 bridgehead atoms. The van der Waals surface area contributed by atoms with Gasteiger partial charge < -0.3 is 8.97 Å². The second kappa shape index (κ2) is 8.67. The Kier molecular flexibility index (Phi) is 5.68. The molecular weight excluding hydrogens is 462 g/mol. The van der Waals surface area contributed by atoms with E-state index in [2.05, 4.69) is 0 Å². The maximum absolute atomic E-state index is 12.8. The predicted octanol–water partition coefficient (Wildman–Crippen LogP) is 2.08.